The number of phenols is 1. The van der Waals surface area contributed by atoms with Crippen molar-refractivity contribution in [1.82, 2.24) is 20.0 Å². The van der Waals surface area contributed by atoms with Crippen LogP contribution < -0.4 is 5.32 Å². The summed E-state index contributed by atoms with van der Waals surface area (Å²) in [7, 11) is 0. The van der Waals surface area contributed by atoms with Gasteiger partial charge in [-0.25, -0.2) is 0 Å². The lowest BCUT2D eigenvalue weighted by atomic mass is 10.1. The normalized spacial score (nSPS) is 19.7. The molecule has 2 aromatic carbocycles. The molecule has 1 unspecified atom stereocenters. The summed E-state index contributed by atoms with van der Waals surface area (Å²) in [5.74, 6) is 0.812. The SMILES string of the molecule is OC1=CC(CN2CCOCC2)NC(c2nn(Cc3ccc(O)cc3)c3ccccc23)=N1. The number of aliphatic hydroxyl groups is 1. The largest absolute Gasteiger partial charge is 0.508 e. The van der Waals surface area contributed by atoms with Gasteiger partial charge in [0.1, 0.15) is 11.4 Å². The zero-order valence-electron chi connectivity index (χ0n) is 17.1. The number of amidine groups is 1. The number of rotatable bonds is 5. The van der Waals surface area contributed by atoms with Crippen LogP contribution in [0, 0.1) is 0 Å². The Morgan fingerprint density at radius 2 is 1.81 bits per heavy atom. The molecule has 1 aromatic heterocycles. The van der Waals surface area contributed by atoms with Crippen LogP contribution in [-0.4, -0.2) is 69.6 Å². The molecule has 5 rings (SSSR count). The number of ether oxygens (including phenoxy) is 1. The number of aromatic nitrogens is 2. The van der Waals surface area contributed by atoms with Gasteiger partial charge in [0.2, 0.25) is 5.88 Å². The number of aliphatic imine (C=N–C) groups is 1. The lowest BCUT2D eigenvalue weighted by molar-refractivity contribution is 0.0361. The maximum Gasteiger partial charge on any atom is 0.210 e. The average molecular weight is 419 g/mol. The summed E-state index contributed by atoms with van der Waals surface area (Å²) < 4.78 is 7.35. The van der Waals surface area contributed by atoms with Crippen LogP contribution in [0.3, 0.4) is 0 Å². The van der Waals surface area contributed by atoms with Crippen LogP contribution >= 0.6 is 0 Å². The Labute approximate surface area is 180 Å². The van der Waals surface area contributed by atoms with Crippen molar-refractivity contribution in [2.75, 3.05) is 32.8 Å². The molecule has 2 aliphatic heterocycles. The van der Waals surface area contributed by atoms with Gasteiger partial charge in [-0.15, -0.1) is 0 Å². The van der Waals surface area contributed by atoms with Crippen LogP contribution in [0.1, 0.15) is 11.3 Å². The number of nitrogens with one attached hydrogen (secondary N) is 1. The number of aliphatic hydroxyl groups excluding tert-OH is 1. The van der Waals surface area contributed by atoms with Crippen molar-refractivity contribution in [3.05, 3.63) is 71.7 Å². The zero-order valence-corrected chi connectivity index (χ0v) is 17.1. The molecule has 8 nitrogen and oxygen atoms in total. The van der Waals surface area contributed by atoms with Crippen molar-refractivity contribution in [3.8, 4) is 5.75 Å². The van der Waals surface area contributed by atoms with E-state index in [0.717, 1.165) is 49.3 Å². The Morgan fingerprint density at radius 1 is 1.03 bits per heavy atom. The van der Waals surface area contributed by atoms with E-state index in [4.69, 9.17) is 9.84 Å². The summed E-state index contributed by atoms with van der Waals surface area (Å²) in [6.45, 7) is 4.55. The van der Waals surface area contributed by atoms with Crippen LogP contribution in [0.2, 0.25) is 0 Å². The summed E-state index contributed by atoms with van der Waals surface area (Å²) in [5, 5.41) is 29.1. The topological polar surface area (TPSA) is 95.1 Å². The lowest BCUT2D eigenvalue weighted by Gasteiger charge is -2.31. The van der Waals surface area contributed by atoms with E-state index in [1.165, 1.54) is 0 Å². The third-order valence-electron chi connectivity index (χ3n) is 5.61. The predicted molar refractivity (Wildman–Crippen MR) is 118 cm³/mol. The number of fused-ring (bicyclic) bond motifs is 1. The van der Waals surface area contributed by atoms with Crippen molar-refractivity contribution in [1.29, 1.82) is 0 Å². The van der Waals surface area contributed by atoms with Gasteiger partial charge in [0.15, 0.2) is 5.84 Å². The summed E-state index contributed by atoms with van der Waals surface area (Å²) in [5.41, 5.74) is 2.72. The van der Waals surface area contributed by atoms with E-state index >= 15 is 0 Å². The number of nitrogens with zero attached hydrogens (tertiary/aromatic N) is 4. The first-order chi connectivity index (χ1) is 15.2. The van der Waals surface area contributed by atoms with Crippen molar-refractivity contribution < 1.29 is 14.9 Å². The fourth-order valence-electron chi connectivity index (χ4n) is 4.06. The van der Waals surface area contributed by atoms with Gasteiger partial charge in [-0.2, -0.15) is 10.1 Å². The second kappa shape index (κ2) is 8.41. The molecular formula is C23H25N5O3. The fourth-order valence-corrected chi connectivity index (χ4v) is 4.06. The third kappa shape index (κ3) is 4.26. The number of morpholine rings is 1. The van der Waals surface area contributed by atoms with Gasteiger partial charge in [0.05, 0.1) is 31.3 Å². The van der Waals surface area contributed by atoms with Gasteiger partial charge < -0.3 is 20.3 Å². The van der Waals surface area contributed by atoms with E-state index < -0.39 is 0 Å². The van der Waals surface area contributed by atoms with Crippen LogP contribution in [-0.2, 0) is 11.3 Å². The Hall–Kier alpha value is -3.36. The van der Waals surface area contributed by atoms with E-state index in [-0.39, 0.29) is 17.7 Å². The number of para-hydroxylation sites is 1. The molecule has 0 aliphatic carbocycles. The van der Waals surface area contributed by atoms with Crippen molar-refractivity contribution in [3.63, 3.8) is 0 Å². The highest BCUT2D eigenvalue weighted by molar-refractivity contribution is 6.08. The molecule has 0 radical (unpaired) electrons. The number of aromatic hydroxyl groups is 1. The third-order valence-corrected chi connectivity index (χ3v) is 5.61. The van der Waals surface area contributed by atoms with Crippen LogP contribution in [0.15, 0.2) is 65.5 Å². The maximum atomic E-state index is 10.3. The molecule has 0 bridgehead atoms. The molecule has 3 heterocycles. The zero-order chi connectivity index (χ0) is 21.2. The number of benzene rings is 2. The molecule has 3 aromatic rings. The summed E-state index contributed by atoms with van der Waals surface area (Å²) in [6.07, 6.45) is 1.74. The monoisotopic (exact) mass is 419 g/mol. The van der Waals surface area contributed by atoms with Crippen molar-refractivity contribution >= 4 is 16.7 Å². The van der Waals surface area contributed by atoms with Crippen LogP contribution in [0.4, 0.5) is 0 Å². The summed E-state index contributed by atoms with van der Waals surface area (Å²) in [6, 6.07) is 15.0. The van der Waals surface area contributed by atoms with Gasteiger partial charge >= 0.3 is 0 Å². The van der Waals surface area contributed by atoms with E-state index in [0.29, 0.717) is 18.1 Å². The quantitative estimate of drug-likeness (QED) is 0.587. The molecule has 0 spiro atoms. The first kappa shape index (κ1) is 19.6. The minimum Gasteiger partial charge on any atom is -0.508 e. The Morgan fingerprint density at radius 3 is 2.61 bits per heavy atom. The highest BCUT2D eigenvalue weighted by atomic mass is 16.5. The maximum absolute atomic E-state index is 10.3. The molecular weight excluding hydrogens is 394 g/mol. The highest BCUT2D eigenvalue weighted by Crippen LogP contribution is 2.22. The Bertz CT molecular complexity index is 1130. The minimum absolute atomic E-state index is 0.00387. The Balaban J connectivity index is 1.44. The number of hydrogen-bond acceptors (Lipinski definition) is 7. The summed E-state index contributed by atoms with van der Waals surface area (Å²) in [4.78, 5) is 6.66. The molecule has 1 atom stereocenters. The molecule has 2 aliphatic rings. The van der Waals surface area contributed by atoms with Crippen molar-refractivity contribution in [2.45, 2.75) is 12.6 Å². The van der Waals surface area contributed by atoms with Gasteiger partial charge in [-0.3, -0.25) is 9.58 Å². The molecule has 0 amide bonds. The smallest absolute Gasteiger partial charge is 0.210 e. The molecule has 1 fully saturated rings. The van der Waals surface area contributed by atoms with Crippen LogP contribution in [0.25, 0.3) is 10.9 Å². The van der Waals surface area contributed by atoms with Gasteiger partial charge in [-0.05, 0) is 23.8 Å². The van der Waals surface area contributed by atoms with E-state index in [1.54, 1.807) is 18.2 Å². The lowest BCUT2D eigenvalue weighted by Crippen LogP contribution is -2.48. The molecule has 8 heteroatoms. The number of phenolic OH excluding ortho intramolecular Hbond substituents is 1. The highest BCUT2D eigenvalue weighted by Gasteiger charge is 2.24. The van der Waals surface area contributed by atoms with E-state index in [2.05, 4.69) is 15.2 Å². The summed E-state index contributed by atoms with van der Waals surface area (Å²) >= 11 is 0. The van der Waals surface area contributed by atoms with E-state index in [9.17, 15) is 10.2 Å². The van der Waals surface area contributed by atoms with Crippen molar-refractivity contribution in [2.24, 2.45) is 4.99 Å². The van der Waals surface area contributed by atoms with Gasteiger partial charge in [0, 0.05) is 31.1 Å². The standard InChI is InChI=1S/C23H25N5O3/c29-18-7-5-16(6-8-18)14-28-20-4-2-1-3-19(20)22(26-28)23-24-17(13-21(30)25-23)15-27-9-11-31-12-10-27/h1-8,13,17,29-30H,9-12,14-15H2,(H,24,25). The fraction of sp³-hybridized carbons (Fsp3) is 0.304. The van der Waals surface area contributed by atoms with Crippen LogP contribution in [0.5, 0.6) is 5.75 Å². The minimum atomic E-state index is -0.0633. The number of hydrogen-bond donors (Lipinski definition) is 3. The first-order valence-corrected chi connectivity index (χ1v) is 10.5. The second-order valence-electron chi connectivity index (χ2n) is 7.84. The molecule has 1 saturated heterocycles. The predicted octanol–water partition coefficient (Wildman–Crippen LogP) is 2.24. The van der Waals surface area contributed by atoms with Gasteiger partial charge in [0.25, 0.3) is 0 Å². The van der Waals surface area contributed by atoms with Gasteiger partial charge in [-0.1, -0.05) is 30.3 Å². The molecule has 0 saturated carbocycles. The molecule has 160 valence electrons. The average Bonchev–Trinajstić information content (AvgIpc) is 3.14. The Kier molecular flexibility index (Phi) is 5.31. The first-order valence-electron chi connectivity index (χ1n) is 10.5. The second-order valence-corrected chi connectivity index (χ2v) is 7.84. The molecule has 3 N–H and O–H groups in total. The van der Waals surface area contributed by atoms with E-state index in [1.807, 2.05) is 41.1 Å². The molecule has 31 heavy (non-hydrogen) atoms.